The van der Waals surface area contributed by atoms with Crippen molar-refractivity contribution in [3.63, 3.8) is 0 Å². The third-order valence-corrected chi connectivity index (χ3v) is 7.92. The first kappa shape index (κ1) is 22.1. The Balaban J connectivity index is 1.27. The van der Waals surface area contributed by atoms with Crippen LogP contribution in [0.1, 0.15) is 70.8 Å². The van der Waals surface area contributed by atoms with Gasteiger partial charge in [0.25, 0.3) is 0 Å². The van der Waals surface area contributed by atoms with Gasteiger partial charge in [-0.05, 0) is 77.0 Å². The second kappa shape index (κ2) is 9.58. The molecule has 4 rings (SSSR count). The summed E-state index contributed by atoms with van der Waals surface area (Å²) >= 11 is 0. The number of anilines is 1. The summed E-state index contributed by atoms with van der Waals surface area (Å²) in [6, 6.07) is 9.42. The fourth-order valence-corrected chi connectivity index (χ4v) is 5.73. The summed E-state index contributed by atoms with van der Waals surface area (Å²) in [6.07, 6.45) is 10.7. The molecule has 1 aromatic rings. The molecule has 4 nitrogen and oxygen atoms in total. The Morgan fingerprint density at radius 1 is 0.967 bits per heavy atom. The molecule has 0 radical (unpaired) electrons. The van der Waals surface area contributed by atoms with E-state index >= 15 is 0 Å². The number of nitrogens with one attached hydrogen (secondary N) is 1. The van der Waals surface area contributed by atoms with Crippen molar-refractivity contribution in [1.82, 2.24) is 4.90 Å². The maximum Gasteiger partial charge on any atom is 0.162 e. The van der Waals surface area contributed by atoms with Gasteiger partial charge in [-0.2, -0.15) is 0 Å². The average molecular weight is 415 g/mol. The second-order valence-electron chi connectivity index (χ2n) is 10.5. The van der Waals surface area contributed by atoms with E-state index in [1.165, 1.54) is 82.3 Å². The zero-order valence-electron chi connectivity index (χ0n) is 19.4. The highest BCUT2D eigenvalue weighted by Gasteiger charge is 2.43. The molecule has 4 heteroatoms. The minimum Gasteiger partial charge on any atom is -0.382 e. The topological polar surface area (TPSA) is 33.7 Å². The van der Waals surface area contributed by atoms with Crippen LogP contribution in [0, 0.1) is 18.3 Å². The molecule has 30 heavy (non-hydrogen) atoms. The van der Waals surface area contributed by atoms with Gasteiger partial charge in [-0.15, -0.1) is 0 Å². The van der Waals surface area contributed by atoms with E-state index in [0.717, 1.165) is 13.2 Å². The van der Waals surface area contributed by atoms with Crippen LogP contribution in [0.5, 0.6) is 0 Å². The third-order valence-electron chi connectivity index (χ3n) is 7.92. The summed E-state index contributed by atoms with van der Waals surface area (Å²) in [5.41, 5.74) is 3.01. The highest BCUT2D eigenvalue weighted by Crippen LogP contribution is 2.47. The number of nitrogens with zero attached hydrogens (tertiary/aromatic N) is 1. The zero-order valence-corrected chi connectivity index (χ0v) is 19.4. The summed E-state index contributed by atoms with van der Waals surface area (Å²) in [7, 11) is 0. The van der Waals surface area contributed by atoms with Crippen LogP contribution < -0.4 is 5.32 Å². The van der Waals surface area contributed by atoms with Gasteiger partial charge in [0.15, 0.2) is 5.79 Å². The van der Waals surface area contributed by atoms with E-state index in [1.807, 2.05) is 13.8 Å². The van der Waals surface area contributed by atoms with Crippen LogP contribution in [0.2, 0.25) is 0 Å². The predicted molar refractivity (Wildman–Crippen MR) is 124 cm³/mol. The van der Waals surface area contributed by atoms with Gasteiger partial charge in [0, 0.05) is 30.7 Å². The number of hydrogen-bond donors (Lipinski definition) is 1. The summed E-state index contributed by atoms with van der Waals surface area (Å²) in [6.45, 7) is 11.6. The molecular formula is C26H42N2O2. The van der Waals surface area contributed by atoms with Gasteiger partial charge < -0.3 is 19.7 Å². The van der Waals surface area contributed by atoms with Gasteiger partial charge in [0.05, 0.1) is 13.2 Å². The molecule has 2 heterocycles. The highest BCUT2D eigenvalue weighted by molar-refractivity contribution is 5.45. The number of hydrogen-bond acceptors (Lipinski definition) is 4. The van der Waals surface area contributed by atoms with E-state index in [1.54, 1.807) is 0 Å². The Bertz CT molecular complexity index is 648. The number of ether oxygens (including phenoxy) is 2. The van der Waals surface area contributed by atoms with Crippen LogP contribution in [-0.2, 0) is 9.47 Å². The van der Waals surface area contributed by atoms with E-state index in [0.29, 0.717) is 17.4 Å². The first-order valence-corrected chi connectivity index (χ1v) is 12.3. The molecule has 2 aliphatic heterocycles. The van der Waals surface area contributed by atoms with Crippen LogP contribution in [-0.4, -0.2) is 49.6 Å². The minimum absolute atomic E-state index is 0.404. The van der Waals surface area contributed by atoms with Gasteiger partial charge in [0.2, 0.25) is 0 Å². The molecule has 3 aliphatic rings. The van der Waals surface area contributed by atoms with Crippen LogP contribution in [0.3, 0.4) is 0 Å². The maximum absolute atomic E-state index is 6.08. The van der Waals surface area contributed by atoms with Gasteiger partial charge in [-0.1, -0.05) is 37.0 Å². The zero-order chi connectivity index (χ0) is 21.0. The van der Waals surface area contributed by atoms with Crippen LogP contribution in [0.25, 0.3) is 0 Å². The van der Waals surface area contributed by atoms with E-state index < -0.39 is 5.79 Å². The summed E-state index contributed by atoms with van der Waals surface area (Å²) in [4.78, 5) is 2.71. The van der Waals surface area contributed by atoms with Crippen molar-refractivity contribution < 1.29 is 9.47 Å². The molecule has 1 aliphatic carbocycles. The molecule has 2 saturated heterocycles. The predicted octanol–water partition coefficient (Wildman–Crippen LogP) is 5.61. The molecule has 0 unspecified atom stereocenters. The van der Waals surface area contributed by atoms with Gasteiger partial charge >= 0.3 is 0 Å². The van der Waals surface area contributed by atoms with Crippen molar-refractivity contribution in [2.75, 3.05) is 38.2 Å². The van der Waals surface area contributed by atoms with Crippen LogP contribution >= 0.6 is 0 Å². The number of rotatable bonds is 6. The largest absolute Gasteiger partial charge is 0.382 e. The molecule has 3 fully saturated rings. The normalized spacial score (nSPS) is 25.8. The Morgan fingerprint density at radius 3 is 2.23 bits per heavy atom. The lowest BCUT2D eigenvalue weighted by atomic mass is 9.64. The van der Waals surface area contributed by atoms with Gasteiger partial charge in [-0.25, -0.2) is 0 Å². The van der Waals surface area contributed by atoms with Crippen molar-refractivity contribution in [2.45, 2.75) is 84.0 Å². The lowest BCUT2D eigenvalue weighted by Gasteiger charge is -2.48. The Labute approximate surface area is 183 Å². The maximum atomic E-state index is 6.08. The van der Waals surface area contributed by atoms with Gasteiger partial charge in [0.1, 0.15) is 0 Å². The standard InChI is InChI=1S/C26H42N2O2/c1-21-7-9-23(10-8-21)27-24-11-16-28(17-12-24)18-15-26(13-5-4-6-14-26)22-19-29-25(2,3)30-20-22/h7-10,22,24,27H,4-6,11-20H2,1-3H3. The molecule has 0 aromatic heterocycles. The van der Waals surface area contributed by atoms with E-state index in [-0.39, 0.29) is 0 Å². The first-order chi connectivity index (χ1) is 14.4. The molecule has 0 bridgehead atoms. The lowest BCUT2D eigenvalue weighted by molar-refractivity contribution is -0.278. The average Bonchev–Trinajstić information content (AvgIpc) is 2.75. The second-order valence-corrected chi connectivity index (χ2v) is 10.5. The van der Waals surface area contributed by atoms with E-state index in [4.69, 9.17) is 9.47 Å². The lowest BCUT2D eigenvalue weighted by Crippen LogP contribution is -2.48. The Kier molecular flexibility index (Phi) is 7.06. The summed E-state index contributed by atoms with van der Waals surface area (Å²) in [5, 5.41) is 3.74. The quantitative estimate of drug-likeness (QED) is 0.656. The molecule has 0 atom stereocenters. The van der Waals surface area contributed by atoms with E-state index in [9.17, 15) is 0 Å². The molecular weight excluding hydrogens is 372 g/mol. The first-order valence-electron chi connectivity index (χ1n) is 12.3. The number of piperidine rings is 1. The van der Waals surface area contributed by atoms with Crippen molar-refractivity contribution in [3.05, 3.63) is 29.8 Å². The van der Waals surface area contributed by atoms with Crippen molar-refractivity contribution in [2.24, 2.45) is 11.3 Å². The number of likely N-dealkylation sites (tertiary alicyclic amines) is 1. The van der Waals surface area contributed by atoms with Crippen molar-refractivity contribution in [3.8, 4) is 0 Å². The molecule has 0 spiro atoms. The van der Waals surface area contributed by atoms with Crippen LogP contribution in [0.15, 0.2) is 24.3 Å². The smallest absolute Gasteiger partial charge is 0.162 e. The SMILES string of the molecule is Cc1ccc(NC2CCN(CCC3(C4COC(C)(C)OC4)CCCCC3)CC2)cc1. The van der Waals surface area contributed by atoms with Crippen molar-refractivity contribution >= 4 is 5.69 Å². The molecule has 1 aromatic carbocycles. The van der Waals surface area contributed by atoms with Crippen LogP contribution in [0.4, 0.5) is 5.69 Å². The molecule has 1 saturated carbocycles. The van der Waals surface area contributed by atoms with E-state index in [2.05, 4.69) is 41.4 Å². The number of aryl methyl sites for hydroxylation is 1. The fraction of sp³-hybridized carbons (Fsp3) is 0.769. The molecule has 1 N–H and O–H groups in total. The number of benzene rings is 1. The molecule has 168 valence electrons. The third kappa shape index (κ3) is 5.57. The monoisotopic (exact) mass is 414 g/mol. The summed E-state index contributed by atoms with van der Waals surface area (Å²) < 4.78 is 12.2. The minimum atomic E-state index is -0.404. The fourth-order valence-electron chi connectivity index (χ4n) is 5.73. The summed E-state index contributed by atoms with van der Waals surface area (Å²) in [5.74, 6) is 0.158. The Hall–Kier alpha value is -1.10. The van der Waals surface area contributed by atoms with Gasteiger partial charge in [-0.3, -0.25) is 0 Å². The molecule has 0 amide bonds. The Morgan fingerprint density at radius 2 is 1.60 bits per heavy atom. The highest BCUT2D eigenvalue weighted by atomic mass is 16.7. The van der Waals surface area contributed by atoms with Crippen molar-refractivity contribution in [1.29, 1.82) is 0 Å².